The third-order valence-electron chi connectivity index (χ3n) is 2.48. The van der Waals surface area contributed by atoms with Gasteiger partial charge in [0.2, 0.25) is 0 Å². The second-order valence-corrected chi connectivity index (χ2v) is 6.23. The average molecular weight is 275 g/mol. The van der Waals surface area contributed by atoms with E-state index in [0.717, 1.165) is 18.9 Å². The Balaban J connectivity index is 1.58. The first-order valence-electron chi connectivity index (χ1n) is 5.00. The van der Waals surface area contributed by atoms with Gasteiger partial charge in [-0.1, -0.05) is 0 Å². The van der Waals surface area contributed by atoms with Crippen LogP contribution in [0.2, 0.25) is 0 Å². The standard InChI is InChI=1S/C10H15BrN2S/c11-10-2-1-9(14-10)3-4-12-5-8-6-13-7-8/h1-2,8,12-13H,3-7H2. The Kier molecular flexibility index (Phi) is 3.99. The van der Waals surface area contributed by atoms with E-state index >= 15 is 0 Å². The molecule has 1 aliphatic heterocycles. The van der Waals surface area contributed by atoms with Crippen molar-refractivity contribution < 1.29 is 0 Å². The van der Waals surface area contributed by atoms with Crippen molar-refractivity contribution in [2.75, 3.05) is 26.2 Å². The molecule has 0 aliphatic carbocycles. The van der Waals surface area contributed by atoms with Crippen molar-refractivity contribution in [3.05, 3.63) is 20.8 Å². The minimum atomic E-state index is 0.866. The molecule has 0 amide bonds. The van der Waals surface area contributed by atoms with Gasteiger partial charge in [0, 0.05) is 24.5 Å². The highest BCUT2D eigenvalue weighted by atomic mass is 79.9. The van der Waals surface area contributed by atoms with Crippen molar-refractivity contribution in [3.63, 3.8) is 0 Å². The van der Waals surface area contributed by atoms with Crippen LogP contribution in [-0.4, -0.2) is 26.2 Å². The fourth-order valence-corrected chi connectivity index (χ4v) is 2.98. The Bertz CT molecular complexity index is 283. The molecule has 1 aromatic heterocycles. The summed E-state index contributed by atoms with van der Waals surface area (Å²) in [7, 11) is 0. The van der Waals surface area contributed by atoms with Gasteiger partial charge < -0.3 is 10.6 Å². The topological polar surface area (TPSA) is 24.1 Å². The lowest BCUT2D eigenvalue weighted by Crippen LogP contribution is -2.47. The number of hydrogen-bond donors (Lipinski definition) is 2. The van der Waals surface area contributed by atoms with Crippen molar-refractivity contribution in [2.24, 2.45) is 5.92 Å². The molecular weight excluding hydrogens is 260 g/mol. The second-order valence-electron chi connectivity index (χ2n) is 3.68. The van der Waals surface area contributed by atoms with Gasteiger partial charge in [-0.05, 0) is 46.9 Å². The van der Waals surface area contributed by atoms with E-state index in [9.17, 15) is 0 Å². The Morgan fingerprint density at radius 2 is 2.36 bits per heavy atom. The SMILES string of the molecule is Brc1ccc(CCNCC2CNC2)s1. The van der Waals surface area contributed by atoms with E-state index in [1.807, 2.05) is 11.3 Å². The summed E-state index contributed by atoms with van der Waals surface area (Å²) < 4.78 is 1.23. The van der Waals surface area contributed by atoms with Crippen LogP contribution < -0.4 is 10.6 Å². The van der Waals surface area contributed by atoms with Gasteiger partial charge in [-0.15, -0.1) is 11.3 Å². The summed E-state index contributed by atoms with van der Waals surface area (Å²) >= 11 is 5.31. The van der Waals surface area contributed by atoms with Gasteiger partial charge in [0.25, 0.3) is 0 Å². The smallest absolute Gasteiger partial charge is 0.0701 e. The summed E-state index contributed by atoms with van der Waals surface area (Å²) in [6.45, 7) is 4.65. The maximum Gasteiger partial charge on any atom is 0.0701 e. The van der Waals surface area contributed by atoms with E-state index < -0.39 is 0 Å². The monoisotopic (exact) mass is 274 g/mol. The Morgan fingerprint density at radius 1 is 1.50 bits per heavy atom. The highest BCUT2D eigenvalue weighted by Gasteiger charge is 2.15. The van der Waals surface area contributed by atoms with E-state index in [4.69, 9.17) is 0 Å². The first-order chi connectivity index (χ1) is 6.84. The highest BCUT2D eigenvalue weighted by Crippen LogP contribution is 2.21. The van der Waals surface area contributed by atoms with Crippen LogP contribution >= 0.6 is 27.3 Å². The van der Waals surface area contributed by atoms with Crippen LogP contribution in [0, 0.1) is 5.92 Å². The summed E-state index contributed by atoms with van der Waals surface area (Å²) in [5.74, 6) is 0.866. The third-order valence-corrected chi connectivity index (χ3v) is 4.16. The van der Waals surface area contributed by atoms with E-state index in [0.29, 0.717) is 0 Å². The normalized spacial score (nSPS) is 16.9. The van der Waals surface area contributed by atoms with Crippen LogP contribution in [0.3, 0.4) is 0 Å². The van der Waals surface area contributed by atoms with Crippen molar-refractivity contribution >= 4 is 27.3 Å². The van der Waals surface area contributed by atoms with Crippen LogP contribution in [0.1, 0.15) is 4.88 Å². The largest absolute Gasteiger partial charge is 0.316 e. The molecule has 2 nitrogen and oxygen atoms in total. The molecule has 2 N–H and O–H groups in total. The first kappa shape index (κ1) is 10.6. The van der Waals surface area contributed by atoms with Gasteiger partial charge in [0.15, 0.2) is 0 Å². The molecule has 1 aliphatic rings. The molecule has 0 unspecified atom stereocenters. The van der Waals surface area contributed by atoms with Crippen LogP contribution in [0.25, 0.3) is 0 Å². The second kappa shape index (κ2) is 5.26. The lowest BCUT2D eigenvalue weighted by atomic mass is 10.0. The Labute approximate surface area is 97.2 Å². The number of hydrogen-bond acceptors (Lipinski definition) is 3. The molecule has 2 rings (SSSR count). The van der Waals surface area contributed by atoms with Gasteiger partial charge in [-0.25, -0.2) is 0 Å². The van der Waals surface area contributed by atoms with Crippen LogP contribution in [0.5, 0.6) is 0 Å². The fourth-order valence-electron chi connectivity index (χ4n) is 1.50. The van der Waals surface area contributed by atoms with Crippen molar-refractivity contribution in [1.82, 2.24) is 10.6 Å². The molecule has 14 heavy (non-hydrogen) atoms. The molecule has 4 heteroatoms. The van der Waals surface area contributed by atoms with E-state index in [1.165, 1.54) is 28.3 Å². The van der Waals surface area contributed by atoms with Crippen LogP contribution in [-0.2, 0) is 6.42 Å². The number of nitrogens with one attached hydrogen (secondary N) is 2. The number of halogens is 1. The predicted molar refractivity (Wildman–Crippen MR) is 65.0 cm³/mol. The maximum absolute atomic E-state index is 3.50. The van der Waals surface area contributed by atoms with E-state index in [-0.39, 0.29) is 0 Å². The minimum Gasteiger partial charge on any atom is -0.316 e. The zero-order chi connectivity index (χ0) is 9.80. The van der Waals surface area contributed by atoms with Crippen LogP contribution in [0.4, 0.5) is 0 Å². The Morgan fingerprint density at radius 3 is 2.93 bits per heavy atom. The molecule has 1 aromatic rings. The van der Waals surface area contributed by atoms with E-state index in [2.05, 4.69) is 38.7 Å². The van der Waals surface area contributed by atoms with Crippen molar-refractivity contribution in [3.8, 4) is 0 Å². The number of thiophene rings is 1. The third kappa shape index (κ3) is 3.05. The minimum absolute atomic E-state index is 0.866. The molecule has 2 heterocycles. The molecular formula is C10H15BrN2S. The molecule has 0 saturated carbocycles. The zero-order valence-electron chi connectivity index (χ0n) is 8.05. The average Bonchev–Trinajstić information content (AvgIpc) is 2.48. The lowest BCUT2D eigenvalue weighted by Gasteiger charge is -2.27. The molecule has 0 aromatic carbocycles. The van der Waals surface area contributed by atoms with E-state index in [1.54, 1.807) is 0 Å². The first-order valence-corrected chi connectivity index (χ1v) is 6.61. The summed E-state index contributed by atoms with van der Waals surface area (Å²) in [4.78, 5) is 1.45. The maximum atomic E-state index is 3.50. The van der Waals surface area contributed by atoms with Crippen molar-refractivity contribution in [2.45, 2.75) is 6.42 Å². The summed E-state index contributed by atoms with van der Waals surface area (Å²) in [5, 5.41) is 6.78. The predicted octanol–water partition coefficient (Wildman–Crippen LogP) is 1.86. The van der Waals surface area contributed by atoms with Gasteiger partial charge >= 0.3 is 0 Å². The molecule has 0 radical (unpaired) electrons. The Hall–Kier alpha value is 0.1000. The summed E-state index contributed by atoms with van der Waals surface area (Å²) in [6.07, 6.45) is 1.15. The van der Waals surface area contributed by atoms with Gasteiger partial charge in [0.05, 0.1) is 3.79 Å². The van der Waals surface area contributed by atoms with Gasteiger partial charge in [-0.2, -0.15) is 0 Å². The highest BCUT2D eigenvalue weighted by molar-refractivity contribution is 9.11. The number of rotatable bonds is 5. The van der Waals surface area contributed by atoms with Gasteiger partial charge in [-0.3, -0.25) is 0 Å². The lowest BCUT2D eigenvalue weighted by molar-refractivity contribution is 0.333. The fraction of sp³-hybridized carbons (Fsp3) is 0.600. The summed E-state index contributed by atoms with van der Waals surface area (Å²) in [6, 6.07) is 4.32. The molecule has 78 valence electrons. The molecule has 1 saturated heterocycles. The zero-order valence-corrected chi connectivity index (χ0v) is 10.5. The molecule has 1 fully saturated rings. The van der Waals surface area contributed by atoms with Gasteiger partial charge in [0.1, 0.15) is 0 Å². The summed E-state index contributed by atoms with van der Waals surface area (Å²) in [5.41, 5.74) is 0. The molecule has 0 atom stereocenters. The molecule has 0 bridgehead atoms. The molecule has 0 spiro atoms. The van der Waals surface area contributed by atoms with Crippen LogP contribution in [0.15, 0.2) is 15.9 Å². The van der Waals surface area contributed by atoms with Crippen molar-refractivity contribution in [1.29, 1.82) is 0 Å². The quantitative estimate of drug-likeness (QED) is 0.802.